The van der Waals surface area contributed by atoms with E-state index >= 15 is 0 Å². The van der Waals surface area contributed by atoms with Crippen LogP contribution in [0.2, 0.25) is 0 Å². The summed E-state index contributed by atoms with van der Waals surface area (Å²) >= 11 is 0. The van der Waals surface area contributed by atoms with Crippen molar-refractivity contribution < 1.29 is 27.5 Å². The lowest BCUT2D eigenvalue weighted by molar-refractivity contribution is -0.124. The predicted octanol–water partition coefficient (Wildman–Crippen LogP) is 0.151. The summed E-state index contributed by atoms with van der Waals surface area (Å²) in [7, 11) is -3.67. The molecule has 7 nitrogen and oxygen atoms in total. The van der Waals surface area contributed by atoms with Gasteiger partial charge in [0, 0.05) is 0 Å². The molecule has 8 heteroatoms. The lowest BCUT2D eigenvalue weighted by atomic mass is 10.2. The molecular formula is C13H13NO6S. The SMILES string of the molecule is CCOC(=O)c1ccc(N2C(=O)CS(=O)(=O)CC2=O)cc1. The normalized spacial score (nSPS) is 17.7. The van der Waals surface area contributed by atoms with Crippen molar-refractivity contribution in [2.75, 3.05) is 23.0 Å². The van der Waals surface area contributed by atoms with Gasteiger partial charge in [0.25, 0.3) is 0 Å². The molecule has 112 valence electrons. The van der Waals surface area contributed by atoms with E-state index in [1.54, 1.807) is 6.92 Å². The summed E-state index contributed by atoms with van der Waals surface area (Å²) in [6.07, 6.45) is 0. The Balaban J connectivity index is 2.25. The number of hydrogen-bond acceptors (Lipinski definition) is 6. The molecule has 1 heterocycles. The third kappa shape index (κ3) is 3.27. The third-order valence-electron chi connectivity index (χ3n) is 2.82. The molecule has 21 heavy (non-hydrogen) atoms. The lowest BCUT2D eigenvalue weighted by Gasteiger charge is -2.24. The van der Waals surface area contributed by atoms with Crippen molar-refractivity contribution >= 4 is 33.3 Å². The predicted molar refractivity (Wildman–Crippen MR) is 73.5 cm³/mol. The van der Waals surface area contributed by atoms with Crippen LogP contribution in [0.3, 0.4) is 0 Å². The average Bonchev–Trinajstić information content (AvgIpc) is 2.37. The van der Waals surface area contributed by atoms with Crippen molar-refractivity contribution in [1.29, 1.82) is 0 Å². The molecule has 1 aliphatic heterocycles. The molecular weight excluding hydrogens is 298 g/mol. The van der Waals surface area contributed by atoms with Gasteiger partial charge in [0.2, 0.25) is 11.8 Å². The van der Waals surface area contributed by atoms with Gasteiger partial charge < -0.3 is 4.74 Å². The van der Waals surface area contributed by atoms with E-state index in [1.165, 1.54) is 24.3 Å². The van der Waals surface area contributed by atoms with Crippen molar-refractivity contribution in [1.82, 2.24) is 0 Å². The molecule has 1 aromatic carbocycles. The topological polar surface area (TPSA) is 97.8 Å². The molecule has 0 unspecified atom stereocenters. The van der Waals surface area contributed by atoms with Crippen molar-refractivity contribution in [2.24, 2.45) is 0 Å². The van der Waals surface area contributed by atoms with Gasteiger partial charge in [-0.2, -0.15) is 0 Å². The van der Waals surface area contributed by atoms with Crippen molar-refractivity contribution in [2.45, 2.75) is 6.92 Å². The Bertz CT molecular complexity index is 668. The minimum Gasteiger partial charge on any atom is -0.462 e. The lowest BCUT2D eigenvalue weighted by Crippen LogP contribution is -2.49. The molecule has 0 atom stereocenters. The highest BCUT2D eigenvalue weighted by molar-refractivity contribution is 7.93. The van der Waals surface area contributed by atoms with Crippen molar-refractivity contribution in [3.05, 3.63) is 29.8 Å². The first kappa shape index (κ1) is 15.2. The van der Waals surface area contributed by atoms with Crippen LogP contribution in [0.1, 0.15) is 17.3 Å². The van der Waals surface area contributed by atoms with E-state index in [0.29, 0.717) is 0 Å². The fourth-order valence-electron chi connectivity index (χ4n) is 1.94. The van der Waals surface area contributed by atoms with E-state index < -0.39 is 39.1 Å². The van der Waals surface area contributed by atoms with Gasteiger partial charge in [-0.05, 0) is 31.2 Å². The van der Waals surface area contributed by atoms with Crippen LogP contribution in [0.25, 0.3) is 0 Å². The molecule has 0 N–H and O–H groups in total. The second kappa shape index (κ2) is 5.65. The highest BCUT2D eigenvalue weighted by atomic mass is 32.2. The number of hydrogen-bond donors (Lipinski definition) is 0. The fraction of sp³-hybridized carbons (Fsp3) is 0.308. The molecule has 0 aromatic heterocycles. The Kier molecular flexibility index (Phi) is 4.08. The summed E-state index contributed by atoms with van der Waals surface area (Å²) in [5.41, 5.74) is 0.512. The minimum atomic E-state index is -3.67. The zero-order valence-electron chi connectivity index (χ0n) is 11.2. The molecule has 0 aliphatic carbocycles. The van der Waals surface area contributed by atoms with Gasteiger partial charge in [-0.1, -0.05) is 0 Å². The highest BCUT2D eigenvalue weighted by Crippen LogP contribution is 2.20. The maximum atomic E-state index is 11.8. The molecule has 1 aromatic rings. The molecule has 0 spiro atoms. The number of benzene rings is 1. The standard InChI is InChI=1S/C13H13NO6S/c1-2-20-13(17)9-3-5-10(6-4-9)14-11(15)7-21(18,19)8-12(14)16/h3-6H,2,7-8H2,1H3. The van der Waals surface area contributed by atoms with E-state index in [2.05, 4.69) is 0 Å². The third-order valence-corrected chi connectivity index (χ3v) is 4.20. The summed E-state index contributed by atoms with van der Waals surface area (Å²) in [5, 5.41) is 0. The molecule has 2 rings (SSSR count). The zero-order chi connectivity index (χ0) is 15.6. The number of anilines is 1. The summed E-state index contributed by atoms with van der Waals surface area (Å²) < 4.78 is 27.5. The second-order valence-corrected chi connectivity index (χ2v) is 6.49. The fourth-order valence-corrected chi connectivity index (χ4v) is 3.06. The first-order valence-corrected chi connectivity index (χ1v) is 7.99. The molecule has 0 saturated carbocycles. The van der Waals surface area contributed by atoms with Crippen LogP contribution in [0.4, 0.5) is 5.69 Å². The van der Waals surface area contributed by atoms with Crippen LogP contribution in [-0.4, -0.2) is 44.3 Å². The molecule has 2 amide bonds. The van der Waals surface area contributed by atoms with Crippen LogP contribution in [0.15, 0.2) is 24.3 Å². The van der Waals surface area contributed by atoms with Crippen molar-refractivity contribution in [3.63, 3.8) is 0 Å². The van der Waals surface area contributed by atoms with Gasteiger partial charge in [-0.15, -0.1) is 0 Å². The minimum absolute atomic E-state index is 0.230. The Morgan fingerprint density at radius 2 is 1.67 bits per heavy atom. The van der Waals surface area contributed by atoms with Gasteiger partial charge >= 0.3 is 5.97 Å². The largest absolute Gasteiger partial charge is 0.462 e. The van der Waals surface area contributed by atoms with Gasteiger partial charge in [-0.25, -0.2) is 18.1 Å². The number of imide groups is 1. The number of rotatable bonds is 3. The van der Waals surface area contributed by atoms with Gasteiger partial charge in [0.1, 0.15) is 11.5 Å². The number of esters is 1. The van der Waals surface area contributed by atoms with E-state index in [-0.39, 0.29) is 17.9 Å². The summed E-state index contributed by atoms with van der Waals surface area (Å²) in [5.74, 6) is -3.50. The van der Waals surface area contributed by atoms with E-state index in [4.69, 9.17) is 4.74 Å². The summed E-state index contributed by atoms with van der Waals surface area (Å²) in [6.45, 7) is 1.92. The number of ether oxygens (including phenoxy) is 1. The smallest absolute Gasteiger partial charge is 0.338 e. The zero-order valence-corrected chi connectivity index (χ0v) is 12.1. The van der Waals surface area contributed by atoms with Crippen LogP contribution < -0.4 is 4.90 Å². The number of nitrogens with zero attached hydrogens (tertiary/aromatic N) is 1. The van der Waals surface area contributed by atoms with Gasteiger partial charge in [-0.3, -0.25) is 9.59 Å². The first-order chi connectivity index (χ1) is 9.84. The highest BCUT2D eigenvalue weighted by Gasteiger charge is 2.36. The van der Waals surface area contributed by atoms with Crippen LogP contribution in [0, 0.1) is 0 Å². The number of carbonyl (C=O) groups is 3. The molecule has 1 aliphatic rings. The molecule has 1 saturated heterocycles. The van der Waals surface area contributed by atoms with Crippen LogP contribution in [-0.2, 0) is 24.2 Å². The van der Waals surface area contributed by atoms with Crippen LogP contribution >= 0.6 is 0 Å². The Labute approximate surface area is 121 Å². The monoisotopic (exact) mass is 311 g/mol. The summed E-state index contributed by atoms with van der Waals surface area (Å²) in [4.78, 5) is 35.9. The Morgan fingerprint density at radius 3 is 2.14 bits per heavy atom. The van der Waals surface area contributed by atoms with Gasteiger partial charge in [0.15, 0.2) is 9.84 Å². The van der Waals surface area contributed by atoms with E-state index in [0.717, 1.165) is 4.90 Å². The first-order valence-electron chi connectivity index (χ1n) is 6.17. The maximum Gasteiger partial charge on any atom is 0.338 e. The number of sulfone groups is 1. The van der Waals surface area contributed by atoms with E-state index in [9.17, 15) is 22.8 Å². The number of amides is 2. The second-order valence-electron chi connectivity index (χ2n) is 4.42. The van der Waals surface area contributed by atoms with Crippen molar-refractivity contribution in [3.8, 4) is 0 Å². The summed E-state index contributed by atoms with van der Waals surface area (Å²) in [6, 6.07) is 5.63. The molecule has 1 fully saturated rings. The maximum absolute atomic E-state index is 11.8. The Hall–Kier alpha value is -2.22. The molecule has 0 bridgehead atoms. The molecule has 0 radical (unpaired) electrons. The average molecular weight is 311 g/mol. The van der Waals surface area contributed by atoms with Gasteiger partial charge in [0.05, 0.1) is 17.9 Å². The van der Waals surface area contributed by atoms with E-state index in [1.807, 2.05) is 0 Å². The Morgan fingerprint density at radius 1 is 1.14 bits per heavy atom. The van der Waals surface area contributed by atoms with Crippen LogP contribution in [0.5, 0.6) is 0 Å². The number of carbonyl (C=O) groups excluding carboxylic acids is 3. The quantitative estimate of drug-likeness (QED) is 0.582.